The van der Waals surface area contributed by atoms with Crippen LogP contribution >= 0.6 is 11.3 Å². The first-order chi connectivity index (χ1) is 11.3. The van der Waals surface area contributed by atoms with Gasteiger partial charge in [0.2, 0.25) is 0 Å². The van der Waals surface area contributed by atoms with E-state index in [2.05, 4.69) is 21.7 Å². The number of thiophene rings is 1. The number of aromatic nitrogens is 1. The number of benzene rings is 1. The molecule has 2 heterocycles. The largest absolute Gasteiger partial charge is 0.497 e. The van der Waals surface area contributed by atoms with Crippen molar-refractivity contribution in [2.45, 2.75) is 6.54 Å². The van der Waals surface area contributed by atoms with Crippen LogP contribution in [0.25, 0.3) is 11.1 Å². The molecule has 23 heavy (non-hydrogen) atoms. The fourth-order valence-corrected chi connectivity index (χ4v) is 2.86. The number of hydrogen-bond acceptors (Lipinski definition) is 4. The molecule has 5 heteroatoms. The Kier molecular flexibility index (Phi) is 4.68. The first-order valence-electron chi connectivity index (χ1n) is 7.15. The summed E-state index contributed by atoms with van der Waals surface area (Å²) in [4.78, 5) is 16.4. The van der Waals surface area contributed by atoms with Gasteiger partial charge in [0, 0.05) is 30.1 Å². The molecule has 0 atom stereocenters. The van der Waals surface area contributed by atoms with E-state index in [0.717, 1.165) is 22.4 Å². The smallest absolute Gasteiger partial charge is 0.251 e. The summed E-state index contributed by atoms with van der Waals surface area (Å²) in [7, 11) is 1.60. The highest BCUT2D eigenvalue weighted by Gasteiger charge is 2.06. The minimum Gasteiger partial charge on any atom is -0.497 e. The number of carbonyl (C=O) groups excluding carboxylic acids is 1. The number of ether oxygens (including phenoxy) is 1. The summed E-state index contributed by atoms with van der Waals surface area (Å²) in [5.74, 6) is 0.614. The maximum Gasteiger partial charge on any atom is 0.251 e. The van der Waals surface area contributed by atoms with Gasteiger partial charge in [0.15, 0.2) is 0 Å². The minimum atomic E-state index is -0.117. The lowest BCUT2D eigenvalue weighted by Gasteiger charge is -2.07. The normalized spacial score (nSPS) is 10.3. The lowest BCUT2D eigenvalue weighted by atomic mass is 10.1. The quantitative estimate of drug-likeness (QED) is 0.777. The van der Waals surface area contributed by atoms with E-state index in [-0.39, 0.29) is 5.91 Å². The number of nitrogens with zero attached hydrogens (tertiary/aromatic N) is 1. The first-order valence-corrected chi connectivity index (χ1v) is 8.09. The summed E-state index contributed by atoms with van der Waals surface area (Å²) in [6, 6.07) is 11.1. The number of hydrogen-bond donors (Lipinski definition) is 1. The Labute approximate surface area is 138 Å². The van der Waals surface area contributed by atoms with Crippen molar-refractivity contribution in [1.82, 2.24) is 10.3 Å². The number of methoxy groups -OCH3 is 1. The van der Waals surface area contributed by atoms with E-state index in [1.807, 2.05) is 17.6 Å². The highest BCUT2D eigenvalue weighted by molar-refractivity contribution is 7.08. The van der Waals surface area contributed by atoms with Gasteiger partial charge in [0.1, 0.15) is 5.75 Å². The minimum absolute atomic E-state index is 0.117. The molecule has 0 spiro atoms. The zero-order valence-electron chi connectivity index (χ0n) is 12.7. The van der Waals surface area contributed by atoms with E-state index >= 15 is 0 Å². The van der Waals surface area contributed by atoms with Crippen LogP contribution in [0, 0.1) is 0 Å². The Morgan fingerprint density at radius 3 is 2.70 bits per heavy atom. The van der Waals surface area contributed by atoms with Gasteiger partial charge >= 0.3 is 0 Å². The maximum atomic E-state index is 12.2. The predicted molar refractivity (Wildman–Crippen MR) is 91.7 cm³/mol. The van der Waals surface area contributed by atoms with Crippen LogP contribution in [0.2, 0.25) is 0 Å². The molecule has 3 rings (SSSR count). The Morgan fingerprint density at radius 1 is 1.17 bits per heavy atom. The van der Waals surface area contributed by atoms with Gasteiger partial charge in [-0.2, -0.15) is 11.3 Å². The van der Waals surface area contributed by atoms with Gasteiger partial charge in [-0.25, -0.2) is 0 Å². The van der Waals surface area contributed by atoms with Gasteiger partial charge in [-0.3, -0.25) is 9.78 Å². The van der Waals surface area contributed by atoms with E-state index < -0.39 is 0 Å². The van der Waals surface area contributed by atoms with Crippen molar-refractivity contribution in [2.24, 2.45) is 0 Å². The topological polar surface area (TPSA) is 51.2 Å². The van der Waals surface area contributed by atoms with Gasteiger partial charge in [-0.15, -0.1) is 0 Å². The lowest BCUT2D eigenvalue weighted by molar-refractivity contribution is 0.0951. The van der Waals surface area contributed by atoms with Crippen LogP contribution < -0.4 is 10.1 Å². The molecule has 0 aliphatic carbocycles. The Hall–Kier alpha value is -2.66. The zero-order chi connectivity index (χ0) is 16.1. The fourth-order valence-electron chi connectivity index (χ4n) is 2.20. The molecule has 0 unspecified atom stereocenters. The average molecular weight is 324 g/mol. The molecular formula is C18H16N2O2S. The summed E-state index contributed by atoms with van der Waals surface area (Å²) in [5.41, 5.74) is 3.77. The third-order valence-corrected chi connectivity index (χ3v) is 4.14. The number of nitrogens with one attached hydrogen (secondary N) is 1. The van der Waals surface area contributed by atoms with Crippen molar-refractivity contribution >= 4 is 17.2 Å². The Morgan fingerprint density at radius 2 is 2.00 bits per heavy atom. The second kappa shape index (κ2) is 7.07. The molecule has 0 aliphatic heterocycles. The van der Waals surface area contributed by atoms with Crippen molar-refractivity contribution in [3.63, 3.8) is 0 Å². The number of pyridine rings is 1. The van der Waals surface area contributed by atoms with E-state index in [4.69, 9.17) is 4.74 Å². The molecule has 0 saturated heterocycles. The molecular weight excluding hydrogens is 308 g/mol. The number of amides is 1. The van der Waals surface area contributed by atoms with Crippen LogP contribution in [0.3, 0.4) is 0 Å². The molecule has 0 aliphatic rings. The van der Waals surface area contributed by atoms with E-state index in [1.165, 1.54) is 0 Å². The summed E-state index contributed by atoms with van der Waals surface area (Å²) in [6.07, 6.45) is 3.60. The van der Waals surface area contributed by atoms with Crippen molar-refractivity contribution < 1.29 is 9.53 Å². The maximum absolute atomic E-state index is 12.2. The van der Waals surface area contributed by atoms with Crippen molar-refractivity contribution in [3.8, 4) is 16.9 Å². The summed E-state index contributed by atoms with van der Waals surface area (Å²) >= 11 is 1.65. The molecule has 2 aromatic heterocycles. The molecule has 116 valence electrons. The van der Waals surface area contributed by atoms with E-state index in [0.29, 0.717) is 12.1 Å². The summed E-state index contributed by atoms with van der Waals surface area (Å²) in [6.45, 7) is 0.440. The van der Waals surface area contributed by atoms with Crippen molar-refractivity contribution in [3.05, 3.63) is 70.7 Å². The second-order valence-corrected chi connectivity index (χ2v) is 5.79. The van der Waals surface area contributed by atoms with Crippen molar-refractivity contribution in [1.29, 1.82) is 0 Å². The van der Waals surface area contributed by atoms with Crippen LogP contribution in [0.15, 0.2) is 59.6 Å². The molecule has 0 saturated carbocycles. The molecule has 1 N–H and O–H groups in total. The van der Waals surface area contributed by atoms with Crippen LogP contribution in [-0.4, -0.2) is 18.0 Å². The Bertz CT molecular complexity index is 783. The molecule has 0 fully saturated rings. The van der Waals surface area contributed by atoms with Gasteiger partial charge < -0.3 is 10.1 Å². The van der Waals surface area contributed by atoms with Gasteiger partial charge in [0.25, 0.3) is 5.91 Å². The monoisotopic (exact) mass is 324 g/mol. The predicted octanol–water partition coefficient (Wildman–Crippen LogP) is 3.75. The third-order valence-electron chi connectivity index (χ3n) is 3.45. The second-order valence-electron chi connectivity index (χ2n) is 5.01. The Balaban J connectivity index is 1.65. The van der Waals surface area contributed by atoms with Crippen molar-refractivity contribution in [2.75, 3.05) is 7.11 Å². The highest BCUT2D eigenvalue weighted by Crippen LogP contribution is 2.22. The zero-order valence-corrected chi connectivity index (χ0v) is 13.5. The number of carbonyl (C=O) groups is 1. The standard InChI is InChI=1S/C18H16N2O2S/c1-22-17-4-2-14(3-5-17)18(21)20-10-13-8-16(11-19-9-13)15-6-7-23-12-15/h2-9,11-12H,10H2,1H3,(H,20,21). The average Bonchev–Trinajstić information content (AvgIpc) is 3.15. The number of rotatable bonds is 5. The van der Waals surface area contributed by atoms with Crippen LogP contribution in [-0.2, 0) is 6.54 Å². The van der Waals surface area contributed by atoms with E-state index in [1.54, 1.807) is 48.9 Å². The van der Waals surface area contributed by atoms with Crippen LogP contribution in [0.4, 0.5) is 0 Å². The molecule has 0 radical (unpaired) electrons. The molecule has 0 bridgehead atoms. The summed E-state index contributed by atoms with van der Waals surface area (Å²) in [5, 5.41) is 7.02. The highest BCUT2D eigenvalue weighted by atomic mass is 32.1. The SMILES string of the molecule is COc1ccc(C(=O)NCc2cncc(-c3ccsc3)c2)cc1. The first kappa shape index (κ1) is 15.2. The lowest BCUT2D eigenvalue weighted by Crippen LogP contribution is -2.22. The van der Waals surface area contributed by atoms with Gasteiger partial charge in [-0.1, -0.05) is 0 Å². The van der Waals surface area contributed by atoms with Gasteiger partial charge in [-0.05, 0) is 58.3 Å². The van der Waals surface area contributed by atoms with Crippen LogP contribution in [0.1, 0.15) is 15.9 Å². The van der Waals surface area contributed by atoms with Gasteiger partial charge in [0.05, 0.1) is 7.11 Å². The molecule has 4 nitrogen and oxygen atoms in total. The fraction of sp³-hybridized carbons (Fsp3) is 0.111. The molecule has 3 aromatic rings. The summed E-state index contributed by atoms with van der Waals surface area (Å²) < 4.78 is 5.09. The molecule has 1 amide bonds. The molecule has 1 aromatic carbocycles. The van der Waals surface area contributed by atoms with E-state index in [9.17, 15) is 4.79 Å². The third kappa shape index (κ3) is 3.76. The van der Waals surface area contributed by atoms with Crippen LogP contribution in [0.5, 0.6) is 5.75 Å².